The van der Waals surface area contributed by atoms with Gasteiger partial charge in [-0.25, -0.2) is 4.39 Å². The van der Waals surface area contributed by atoms with Gasteiger partial charge in [0.1, 0.15) is 5.82 Å². The maximum Gasteiger partial charge on any atom is 0.175 e. The van der Waals surface area contributed by atoms with Crippen molar-refractivity contribution in [2.45, 2.75) is 26.2 Å². The molecular formula is C15H22FN5. The third-order valence-corrected chi connectivity index (χ3v) is 3.26. The van der Waals surface area contributed by atoms with E-state index in [0.717, 1.165) is 18.7 Å². The molecule has 0 aliphatic carbocycles. The van der Waals surface area contributed by atoms with Gasteiger partial charge in [0, 0.05) is 18.9 Å². The van der Waals surface area contributed by atoms with Crippen molar-refractivity contribution in [1.29, 1.82) is 0 Å². The van der Waals surface area contributed by atoms with E-state index in [2.05, 4.69) is 34.6 Å². The minimum absolute atomic E-state index is 0.202. The largest absolute Gasteiger partial charge is 0.316 e. The van der Waals surface area contributed by atoms with E-state index in [1.807, 2.05) is 12.1 Å². The minimum atomic E-state index is -0.217. The zero-order valence-corrected chi connectivity index (χ0v) is 12.8. The molecule has 114 valence electrons. The molecule has 1 atom stereocenters. The fourth-order valence-corrected chi connectivity index (χ4v) is 2.21. The van der Waals surface area contributed by atoms with Crippen LogP contribution in [0.3, 0.4) is 0 Å². The number of tetrazole rings is 1. The lowest BCUT2D eigenvalue weighted by molar-refractivity contribution is 0.508. The molecule has 0 radical (unpaired) electrons. The third-order valence-electron chi connectivity index (χ3n) is 3.26. The van der Waals surface area contributed by atoms with E-state index in [0.29, 0.717) is 18.2 Å². The van der Waals surface area contributed by atoms with Gasteiger partial charge in [-0.15, -0.1) is 10.2 Å². The van der Waals surface area contributed by atoms with Crippen molar-refractivity contribution < 1.29 is 4.39 Å². The van der Waals surface area contributed by atoms with Gasteiger partial charge in [-0.05, 0) is 35.4 Å². The Hall–Kier alpha value is -1.82. The summed E-state index contributed by atoms with van der Waals surface area (Å²) in [5.74, 6) is 1.28. The third kappa shape index (κ3) is 4.90. The fourth-order valence-electron chi connectivity index (χ4n) is 2.21. The number of nitrogens with zero attached hydrogens (tertiary/aromatic N) is 4. The highest BCUT2D eigenvalue weighted by molar-refractivity contribution is 5.21. The predicted octanol–water partition coefficient (Wildman–Crippen LogP) is 1.92. The maximum atomic E-state index is 13.1. The van der Waals surface area contributed by atoms with Crippen LogP contribution in [-0.2, 0) is 13.5 Å². The van der Waals surface area contributed by atoms with Crippen LogP contribution in [0.15, 0.2) is 24.3 Å². The first-order valence-corrected chi connectivity index (χ1v) is 7.23. The molecule has 0 fully saturated rings. The molecular weight excluding hydrogens is 269 g/mol. The van der Waals surface area contributed by atoms with Gasteiger partial charge in [0.05, 0.1) is 7.05 Å². The molecule has 21 heavy (non-hydrogen) atoms. The summed E-state index contributed by atoms with van der Waals surface area (Å²) in [4.78, 5) is 1.46. The Morgan fingerprint density at radius 3 is 2.48 bits per heavy atom. The van der Waals surface area contributed by atoms with Crippen molar-refractivity contribution in [2.75, 3.05) is 13.1 Å². The molecule has 1 N–H and O–H groups in total. The van der Waals surface area contributed by atoms with E-state index in [1.54, 1.807) is 7.05 Å². The van der Waals surface area contributed by atoms with Gasteiger partial charge < -0.3 is 5.32 Å². The molecule has 0 bridgehead atoms. The summed E-state index contributed by atoms with van der Waals surface area (Å²) in [6.07, 6.45) is 0.685. The van der Waals surface area contributed by atoms with Crippen molar-refractivity contribution in [2.24, 2.45) is 13.0 Å². The van der Waals surface area contributed by atoms with Crippen molar-refractivity contribution >= 4 is 0 Å². The molecule has 1 aromatic heterocycles. The average Bonchev–Trinajstić information content (AvgIpc) is 2.84. The highest BCUT2D eigenvalue weighted by Gasteiger charge is 2.15. The molecule has 6 heteroatoms. The number of halogens is 1. The quantitative estimate of drug-likeness (QED) is 0.847. The van der Waals surface area contributed by atoms with E-state index >= 15 is 0 Å². The summed E-state index contributed by atoms with van der Waals surface area (Å²) in [6.45, 7) is 6.10. The summed E-state index contributed by atoms with van der Waals surface area (Å²) in [7, 11) is 1.75. The predicted molar refractivity (Wildman–Crippen MR) is 79.4 cm³/mol. The molecule has 0 amide bonds. The zero-order valence-electron chi connectivity index (χ0n) is 12.8. The first-order chi connectivity index (χ1) is 10.0. The number of aryl methyl sites for hydroxylation is 1. The van der Waals surface area contributed by atoms with Crippen LogP contribution in [0.2, 0.25) is 0 Å². The van der Waals surface area contributed by atoms with Gasteiger partial charge in [0.25, 0.3) is 0 Å². The summed E-state index contributed by atoms with van der Waals surface area (Å²) < 4.78 is 13.1. The zero-order chi connectivity index (χ0) is 15.2. The van der Waals surface area contributed by atoms with Gasteiger partial charge in [-0.3, -0.25) is 0 Å². The standard InChI is InChI=1S/C15H22FN5/c1-11(2)9-17-10-13(8-15-18-20-21(3)19-15)12-4-6-14(16)7-5-12/h4-7,11,13,17H,8-10H2,1-3H3. The average molecular weight is 291 g/mol. The topological polar surface area (TPSA) is 55.6 Å². The Morgan fingerprint density at radius 1 is 1.19 bits per heavy atom. The number of hydrogen-bond donors (Lipinski definition) is 1. The number of rotatable bonds is 7. The van der Waals surface area contributed by atoms with Crippen LogP contribution >= 0.6 is 0 Å². The number of hydrogen-bond acceptors (Lipinski definition) is 4. The molecule has 2 rings (SSSR count). The summed E-state index contributed by atoms with van der Waals surface area (Å²) in [5, 5.41) is 15.6. The van der Waals surface area contributed by atoms with Crippen LogP contribution in [0.5, 0.6) is 0 Å². The van der Waals surface area contributed by atoms with Crippen LogP contribution < -0.4 is 5.32 Å². The summed E-state index contributed by atoms with van der Waals surface area (Å²) >= 11 is 0. The first-order valence-electron chi connectivity index (χ1n) is 7.23. The number of benzene rings is 1. The number of aromatic nitrogens is 4. The van der Waals surface area contributed by atoms with Gasteiger partial charge in [-0.1, -0.05) is 26.0 Å². The lowest BCUT2D eigenvalue weighted by Gasteiger charge is -2.17. The molecule has 1 unspecified atom stereocenters. The Labute approximate surface area is 124 Å². The lowest BCUT2D eigenvalue weighted by Crippen LogP contribution is -2.26. The van der Waals surface area contributed by atoms with Crippen LogP contribution in [0.1, 0.15) is 31.2 Å². The van der Waals surface area contributed by atoms with Crippen LogP contribution in [0.25, 0.3) is 0 Å². The second-order valence-corrected chi connectivity index (χ2v) is 5.70. The molecule has 1 heterocycles. The molecule has 0 saturated carbocycles. The van der Waals surface area contributed by atoms with Gasteiger partial charge in [0.15, 0.2) is 5.82 Å². The minimum Gasteiger partial charge on any atom is -0.316 e. The van der Waals surface area contributed by atoms with Crippen LogP contribution in [-0.4, -0.2) is 33.3 Å². The summed E-state index contributed by atoms with van der Waals surface area (Å²) in [5.41, 5.74) is 1.08. The van der Waals surface area contributed by atoms with Crippen LogP contribution in [0.4, 0.5) is 4.39 Å². The Bertz CT molecular complexity index is 549. The van der Waals surface area contributed by atoms with Crippen LogP contribution in [0, 0.1) is 11.7 Å². The van der Waals surface area contributed by atoms with E-state index in [4.69, 9.17) is 0 Å². The Kier molecular flexibility index (Phi) is 5.38. The molecule has 5 nitrogen and oxygen atoms in total. The molecule has 0 spiro atoms. The maximum absolute atomic E-state index is 13.1. The Balaban J connectivity index is 2.07. The van der Waals surface area contributed by atoms with Gasteiger partial charge in [-0.2, -0.15) is 4.80 Å². The molecule has 0 aliphatic heterocycles. The van der Waals surface area contributed by atoms with Crippen molar-refractivity contribution in [3.8, 4) is 0 Å². The highest BCUT2D eigenvalue weighted by Crippen LogP contribution is 2.19. The molecule has 0 aliphatic rings. The first kappa shape index (κ1) is 15.6. The normalized spacial score (nSPS) is 12.8. The molecule has 2 aromatic rings. The van der Waals surface area contributed by atoms with E-state index < -0.39 is 0 Å². The van der Waals surface area contributed by atoms with Gasteiger partial charge in [0.2, 0.25) is 0 Å². The van der Waals surface area contributed by atoms with E-state index in [9.17, 15) is 4.39 Å². The smallest absolute Gasteiger partial charge is 0.175 e. The number of nitrogens with one attached hydrogen (secondary N) is 1. The second kappa shape index (κ2) is 7.26. The van der Waals surface area contributed by atoms with E-state index in [1.165, 1.54) is 16.9 Å². The summed E-state index contributed by atoms with van der Waals surface area (Å²) in [6, 6.07) is 6.64. The highest BCUT2D eigenvalue weighted by atomic mass is 19.1. The van der Waals surface area contributed by atoms with Gasteiger partial charge >= 0.3 is 0 Å². The Morgan fingerprint density at radius 2 is 1.90 bits per heavy atom. The fraction of sp³-hybridized carbons (Fsp3) is 0.533. The molecule has 1 aromatic carbocycles. The lowest BCUT2D eigenvalue weighted by atomic mass is 9.95. The van der Waals surface area contributed by atoms with E-state index in [-0.39, 0.29) is 11.7 Å². The monoisotopic (exact) mass is 291 g/mol. The van der Waals surface area contributed by atoms with Crippen molar-refractivity contribution in [3.63, 3.8) is 0 Å². The second-order valence-electron chi connectivity index (χ2n) is 5.70. The SMILES string of the molecule is CC(C)CNCC(Cc1nnn(C)n1)c1ccc(F)cc1. The van der Waals surface area contributed by atoms with Crippen molar-refractivity contribution in [3.05, 3.63) is 41.5 Å². The van der Waals surface area contributed by atoms with Crippen molar-refractivity contribution in [1.82, 2.24) is 25.5 Å². The molecule has 0 saturated heterocycles.